The first-order valence-corrected chi connectivity index (χ1v) is 12.5. The lowest BCUT2D eigenvalue weighted by Gasteiger charge is -2.23. The van der Waals surface area contributed by atoms with E-state index >= 15 is 0 Å². The van der Waals surface area contributed by atoms with Gasteiger partial charge in [-0.1, -0.05) is 30.7 Å². The van der Waals surface area contributed by atoms with Gasteiger partial charge in [0.25, 0.3) is 0 Å². The number of ether oxygens (including phenoxy) is 1. The highest BCUT2D eigenvalue weighted by molar-refractivity contribution is 7.91. The molecule has 3 aromatic rings. The van der Waals surface area contributed by atoms with E-state index in [-0.39, 0.29) is 9.79 Å². The van der Waals surface area contributed by atoms with Gasteiger partial charge in [-0.05, 0) is 65.4 Å². The van der Waals surface area contributed by atoms with Crippen LogP contribution < -0.4 is 4.74 Å². The minimum atomic E-state index is -3.65. The lowest BCUT2D eigenvalue weighted by atomic mass is 10.1. The molecule has 0 amide bonds. The third kappa shape index (κ3) is 4.41. The Morgan fingerprint density at radius 2 is 1.87 bits per heavy atom. The highest BCUT2D eigenvalue weighted by Crippen LogP contribution is 2.31. The van der Waals surface area contributed by atoms with E-state index in [1.807, 2.05) is 19.1 Å². The van der Waals surface area contributed by atoms with Gasteiger partial charge in [-0.3, -0.25) is 0 Å². The van der Waals surface area contributed by atoms with E-state index in [4.69, 9.17) is 16.3 Å². The first-order chi connectivity index (χ1) is 14.5. The van der Waals surface area contributed by atoms with E-state index in [2.05, 4.69) is 28.6 Å². The molecule has 0 saturated carbocycles. The van der Waals surface area contributed by atoms with Gasteiger partial charge in [0.2, 0.25) is 9.84 Å². The van der Waals surface area contributed by atoms with Crippen molar-refractivity contribution in [2.75, 3.05) is 6.61 Å². The molecule has 7 heteroatoms. The van der Waals surface area contributed by atoms with Gasteiger partial charge < -0.3 is 9.64 Å². The van der Waals surface area contributed by atoms with Gasteiger partial charge in [0, 0.05) is 17.6 Å². The van der Waals surface area contributed by atoms with Crippen molar-refractivity contribution in [1.82, 2.24) is 4.90 Å². The molecule has 0 aliphatic carbocycles. The molecule has 2 heterocycles. The molecule has 0 N–H and O–H groups in total. The predicted octanol–water partition coefficient (Wildman–Crippen LogP) is 6.01. The molecule has 4 nitrogen and oxygen atoms in total. The summed E-state index contributed by atoms with van der Waals surface area (Å²) in [6.07, 6.45) is 5.06. The number of thiophene rings is 1. The number of benzene rings is 2. The monoisotopic (exact) mass is 459 g/mol. The molecule has 0 atom stereocenters. The molecule has 0 unspecified atom stereocenters. The fourth-order valence-corrected chi connectivity index (χ4v) is 5.76. The van der Waals surface area contributed by atoms with Crippen molar-refractivity contribution >= 4 is 38.9 Å². The number of hydrogen-bond acceptors (Lipinski definition) is 5. The predicted molar refractivity (Wildman–Crippen MR) is 122 cm³/mol. The zero-order valence-corrected chi connectivity index (χ0v) is 18.9. The van der Waals surface area contributed by atoms with Crippen LogP contribution in [0.4, 0.5) is 0 Å². The normalized spacial score (nSPS) is 13.3. The van der Waals surface area contributed by atoms with Crippen molar-refractivity contribution in [2.24, 2.45) is 0 Å². The summed E-state index contributed by atoms with van der Waals surface area (Å²) in [5.41, 5.74) is 2.34. The zero-order valence-electron chi connectivity index (χ0n) is 16.5. The Kier molecular flexibility index (Phi) is 6.18. The maximum atomic E-state index is 13.0. The van der Waals surface area contributed by atoms with Crippen LogP contribution in [0.15, 0.2) is 69.9 Å². The number of hydrogen-bond donors (Lipinski definition) is 0. The molecule has 0 bridgehead atoms. The standard InChI is InChI=1S/C23H22ClNO3S2/c1-2-12-28-22-8-7-20(14-21(22)24)30(26,27)19-5-3-17(4-6-19)15-25-11-9-18-10-13-29-23(18)16-25/h3-11,13-14H,2,12,15-16H2,1H3. The highest BCUT2D eigenvalue weighted by Gasteiger charge is 2.20. The fourth-order valence-electron chi connectivity index (χ4n) is 3.28. The minimum Gasteiger partial charge on any atom is -0.492 e. The summed E-state index contributed by atoms with van der Waals surface area (Å²) in [5, 5.41) is 2.40. The van der Waals surface area contributed by atoms with Gasteiger partial charge in [0.05, 0.1) is 28.0 Å². The SMILES string of the molecule is CCCOc1ccc(S(=O)(=O)c2ccc(CN3C=Cc4ccsc4C3)cc2)cc1Cl. The van der Waals surface area contributed by atoms with Crippen molar-refractivity contribution < 1.29 is 13.2 Å². The largest absolute Gasteiger partial charge is 0.492 e. The van der Waals surface area contributed by atoms with Crippen LogP contribution in [0.2, 0.25) is 5.02 Å². The second-order valence-corrected chi connectivity index (χ2v) is 10.5. The van der Waals surface area contributed by atoms with Gasteiger partial charge in [-0.15, -0.1) is 11.3 Å². The summed E-state index contributed by atoms with van der Waals surface area (Å²) in [6.45, 7) is 4.13. The van der Waals surface area contributed by atoms with Crippen molar-refractivity contribution in [3.8, 4) is 5.75 Å². The van der Waals surface area contributed by atoms with Crippen LogP contribution in [0.3, 0.4) is 0 Å². The van der Waals surface area contributed by atoms with Gasteiger partial charge in [-0.25, -0.2) is 8.42 Å². The average molecular weight is 460 g/mol. The van der Waals surface area contributed by atoms with Gasteiger partial charge in [-0.2, -0.15) is 0 Å². The number of fused-ring (bicyclic) bond motifs is 1. The smallest absolute Gasteiger partial charge is 0.206 e. The van der Waals surface area contributed by atoms with Crippen LogP contribution in [-0.2, 0) is 22.9 Å². The van der Waals surface area contributed by atoms with E-state index in [1.54, 1.807) is 29.5 Å². The number of rotatable bonds is 7. The van der Waals surface area contributed by atoms with E-state index < -0.39 is 9.84 Å². The fraction of sp³-hybridized carbons (Fsp3) is 0.217. The van der Waals surface area contributed by atoms with Crippen molar-refractivity contribution in [3.05, 3.63) is 81.1 Å². The van der Waals surface area contributed by atoms with E-state index in [1.165, 1.54) is 22.6 Å². The molecule has 0 saturated heterocycles. The van der Waals surface area contributed by atoms with E-state index in [0.29, 0.717) is 17.4 Å². The summed E-state index contributed by atoms with van der Waals surface area (Å²) in [4.78, 5) is 3.98. The molecular formula is C23H22ClNO3S2. The summed E-state index contributed by atoms with van der Waals surface area (Å²) < 4.78 is 31.5. The van der Waals surface area contributed by atoms with Crippen LogP contribution in [-0.4, -0.2) is 19.9 Å². The summed E-state index contributed by atoms with van der Waals surface area (Å²) >= 11 is 7.98. The highest BCUT2D eigenvalue weighted by atomic mass is 35.5. The third-order valence-corrected chi connectivity index (χ3v) is 7.87. The van der Waals surface area contributed by atoms with Crippen LogP contribution in [0, 0.1) is 0 Å². The van der Waals surface area contributed by atoms with Crippen molar-refractivity contribution in [2.45, 2.75) is 36.2 Å². The van der Waals surface area contributed by atoms with E-state index in [0.717, 1.165) is 25.1 Å². The Balaban J connectivity index is 1.48. The molecule has 1 aliphatic heterocycles. The molecule has 2 aromatic carbocycles. The number of nitrogens with zero attached hydrogens (tertiary/aromatic N) is 1. The quantitative estimate of drug-likeness (QED) is 0.434. The maximum absolute atomic E-state index is 13.0. The zero-order chi connectivity index (χ0) is 21.1. The third-order valence-electron chi connectivity index (χ3n) is 4.89. The Morgan fingerprint density at radius 1 is 1.10 bits per heavy atom. The summed E-state index contributed by atoms with van der Waals surface area (Å²) in [6, 6.07) is 13.8. The lowest BCUT2D eigenvalue weighted by molar-refractivity contribution is 0.317. The second-order valence-electron chi connectivity index (χ2n) is 7.11. The summed E-state index contributed by atoms with van der Waals surface area (Å²) in [5.74, 6) is 0.497. The molecule has 0 fully saturated rings. The number of halogens is 1. The Hall–Kier alpha value is -2.28. The van der Waals surface area contributed by atoms with E-state index in [9.17, 15) is 8.42 Å². The van der Waals surface area contributed by atoms with Crippen LogP contribution >= 0.6 is 22.9 Å². The van der Waals surface area contributed by atoms with Crippen molar-refractivity contribution in [1.29, 1.82) is 0 Å². The molecule has 1 aliphatic rings. The number of sulfone groups is 1. The van der Waals surface area contributed by atoms with Crippen LogP contribution in [0.5, 0.6) is 5.75 Å². The first kappa shape index (κ1) is 21.0. The van der Waals surface area contributed by atoms with Gasteiger partial charge in [0.1, 0.15) is 5.75 Å². The molecule has 1 aromatic heterocycles. The molecule has 0 spiro atoms. The second kappa shape index (κ2) is 8.84. The Bertz CT molecular complexity index is 1170. The minimum absolute atomic E-state index is 0.160. The van der Waals surface area contributed by atoms with Crippen molar-refractivity contribution in [3.63, 3.8) is 0 Å². The maximum Gasteiger partial charge on any atom is 0.206 e. The molecule has 30 heavy (non-hydrogen) atoms. The Morgan fingerprint density at radius 3 is 2.60 bits per heavy atom. The first-order valence-electron chi connectivity index (χ1n) is 9.72. The topological polar surface area (TPSA) is 46.6 Å². The molecule has 156 valence electrons. The lowest BCUT2D eigenvalue weighted by Crippen LogP contribution is -2.18. The van der Waals surface area contributed by atoms with Gasteiger partial charge in [0.15, 0.2) is 0 Å². The molecular weight excluding hydrogens is 438 g/mol. The summed E-state index contributed by atoms with van der Waals surface area (Å²) in [7, 11) is -3.65. The van der Waals surface area contributed by atoms with Gasteiger partial charge >= 0.3 is 0 Å². The molecule has 4 rings (SSSR count). The van der Waals surface area contributed by atoms with Crippen LogP contribution in [0.1, 0.15) is 29.3 Å². The molecule has 0 radical (unpaired) electrons. The van der Waals surface area contributed by atoms with Crippen LogP contribution in [0.25, 0.3) is 6.08 Å². The average Bonchev–Trinajstić information content (AvgIpc) is 3.21. The Labute approximate surface area is 186 Å².